The van der Waals surface area contributed by atoms with E-state index in [4.69, 9.17) is 27.9 Å². The molecule has 1 saturated carbocycles. The highest BCUT2D eigenvalue weighted by Crippen LogP contribution is 2.63. The van der Waals surface area contributed by atoms with E-state index in [1.54, 1.807) is 12.1 Å². The number of phenols is 1. The number of halogens is 3. The summed E-state index contributed by atoms with van der Waals surface area (Å²) < 4.78 is 9.08. The van der Waals surface area contributed by atoms with Crippen molar-refractivity contribution < 1.29 is 19.4 Å². The zero-order valence-corrected chi connectivity index (χ0v) is 21.3. The first-order chi connectivity index (χ1) is 15.9. The number of methoxy groups -OCH3 is 1. The SMILES string of the molecule is COc1cc([C@H]2C3=CCn4c(=O)n(C)c(=O)n4[C@@H]3C[C@@]3(Cl)C(=O)N(C)C(=O)[C@@]23Cl)cc(Br)c1O. The zero-order valence-electron chi connectivity index (χ0n) is 18.2. The number of hydrogen-bond acceptors (Lipinski definition) is 6. The van der Waals surface area contributed by atoms with Crippen molar-refractivity contribution in [1.29, 1.82) is 0 Å². The normalized spacial score (nSPS) is 30.1. The minimum Gasteiger partial charge on any atom is -0.503 e. The van der Waals surface area contributed by atoms with Gasteiger partial charge >= 0.3 is 11.4 Å². The van der Waals surface area contributed by atoms with Gasteiger partial charge in [0, 0.05) is 26.4 Å². The van der Waals surface area contributed by atoms with Crippen LogP contribution in [0, 0.1) is 0 Å². The second kappa shape index (κ2) is 7.25. The predicted octanol–water partition coefficient (Wildman–Crippen LogP) is 1.45. The monoisotopic (exact) mass is 572 g/mol. The number of ether oxygens (including phenoxy) is 1. The minimum absolute atomic E-state index is 0.0634. The fraction of sp³-hybridized carbons (Fsp3) is 0.429. The first-order valence-electron chi connectivity index (χ1n) is 10.2. The fourth-order valence-corrected chi connectivity index (χ4v) is 6.86. The molecule has 1 saturated heterocycles. The van der Waals surface area contributed by atoms with E-state index >= 15 is 0 Å². The molecule has 10 nitrogen and oxygen atoms in total. The lowest BCUT2D eigenvalue weighted by Crippen LogP contribution is -2.59. The van der Waals surface area contributed by atoms with Crippen molar-refractivity contribution >= 4 is 50.9 Å². The highest BCUT2D eigenvalue weighted by molar-refractivity contribution is 9.10. The number of nitrogens with zero attached hydrogens (tertiary/aromatic N) is 4. The van der Waals surface area contributed by atoms with Gasteiger partial charge in [0.2, 0.25) is 0 Å². The molecule has 180 valence electrons. The summed E-state index contributed by atoms with van der Waals surface area (Å²) in [4.78, 5) is 49.4. The number of aromatic hydroxyl groups is 1. The van der Waals surface area contributed by atoms with Crippen LogP contribution in [0.25, 0.3) is 0 Å². The van der Waals surface area contributed by atoms with Crippen LogP contribution in [0.4, 0.5) is 0 Å². The molecule has 0 bridgehead atoms. The van der Waals surface area contributed by atoms with Gasteiger partial charge in [-0.25, -0.2) is 23.5 Å². The van der Waals surface area contributed by atoms with Crippen LogP contribution in [0.5, 0.6) is 11.5 Å². The first-order valence-corrected chi connectivity index (χ1v) is 11.8. The summed E-state index contributed by atoms with van der Waals surface area (Å²) in [6.45, 7) is 0.0634. The Morgan fingerprint density at radius 1 is 1.12 bits per heavy atom. The molecule has 2 fully saturated rings. The van der Waals surface area contributed by atoms with E-state index in [0.29, 0.717) is 11.1 Å². The van der Waals surface area contributed by atoms with Gasteiger partial charge in [-0.1, -0.05) is 6.08 Å². The van der Waals surface area contributed by atoms with E-state index in [0.717, 1.165) is 9.47 Å². The molecule has 13 heteroatoms. The van der Waals surface area contributed by atoms with Crippen LogP contribution in [0.15, 0.2) is 37.8 Å². The smallest absolute Gasteiger partial charge is 0.347 e. The number of allylic oxidation sites excluding steroid dienone is 2. The van der Waals surface area contributed by atoms with Crippen molar-refractivity contribution in [3.8, 4) is 11.5 Å². The molecular formula is C21H19BrCl2N4O6. The third kappa shape index (κ3) is 2.57. The quantitative estimate of drug-likeness (QED) is 0.330. The number of rotatable bonds is 2. The largest absolute Gasteiger partial charge is 0.503 e. The molecule has 2 aromatic rings. The Labute approximate surface area is 211 Å². The Morgan fingerprint density at radius 3 is 2.44 bits per heavy atom. The molecule has 3 aliphatic rings. The second-order valence-electron chi connectivity index (χ2n) is 8.64. The number of alkyl halides is 2. The van der Waals surface area contributed by atoms with Gasteiger partial charge in [-0.05, 0) is 39.2 Å². The molecule has 0 unspecified atom stereocenters. The van der Waals surface area contributed by atoms with E-state index in [9.17, 15) is 24.3 Å². The second-order valence-corrected chi connectivity index (χ2v) is 10.7. The number of fused-ring (bicyclic) bond motifs is 4. The molecule has 4 atom stereocenters. The molecule has 5 rings (SSSR count). The van der Waals surface area contributed by atoms with Crippen molar-refractivity contribution in [3.63, 3.8) is 0 Å². The van der Waals surface area contributed by atoms with Crippen LogP contribution < -0.4 is 16.1 Å². The summed E-state index contributed by atoms with van der Waals surface area (Å²) in [5.41, 5.74) is -0.0803. The van der Waals surface area contributed by atoms with Crippen LogP contribution in [0.2, 0.25) is 0 Å². The van der Waals surface area contributed by atoms with Crippen LogP contribution in [-0.4, -0.2) is 59.7 Å². The van der Waals surface area contributed by atoms with Crippen molar-refractivity contribution in [2.45, 2.75) is 34.7 Å². The van der Waals surface area contributed by atoms with Crippen LogP contribution in [-0.2, 0) is 23.2 Å². The summed E-state index contributed by atoms with van der Waals surface area (Å²) in [6.07, 6.45) is 1.56. The molecule has 2 amide bonds. The topological polar surface area (TPSA) is 116 Å². The van der Waals surface area contributed by atoms with Gasteiger partial charge in [-0.2, -0.15) is 0 Å². The van der Waals surface area contributed by atoms with E-state index in [1.807, 2.05) is 0 Å². The number of aromatic nitrogens is 3. The lowest BCUT2D eigenvalue weighted by Gasteiger charge is -2.49. The number of phenolic OH excluding ortho intramolecular Hbond substituents is 1. The summed E-state index contributed by atoms with van der Waals surface area (Å²) >= 11 is 17.3. The first kappa shape index (κ1) is 23.3. The molecule has 34 heavy (non-hydrogen) atoms. The molecule has 1 N–H and O–H groups in total. The number of likely N-dealkylation sites (tertiary alicyclic amines) is 1. The van der Waals surface area contributed by atoms with Crippen LogP contribution in [0.3, 0.4) is 0 Å². The van der Waals surface area contributed by atoms with Crippen molar-refractivity contribution in [2.75, 3.05) is 14.2 Å². The van der Waals surface area contributed by atoms with Crippen LogP contribution in [0.1, 0.15) is 23.9 Å². The third-order valence-electron chi connectivity index (χ3n) is 7.08. The van der Waals surface area contributed by atoms with E-state index in [1.165, 1.54) is 36.6 Å². The average Bonchev–Trinajstić information content (AvgIpc) is 3.10. The summed E-state index contributed by atoms with van der Waals surface area (Å²) in [6, 6.07) is 2.27. The van der Waals surface area contributed by atoms with E-state index in [-0.39, 0.29) is 28.9 Å². The number of benzene rings is 1. The Morgan fingerprint density at radius 2 is 1.79 bits per heavy atom. The third-order valence-corrected chi connectivity index (χ3v) is 9.09. The zero-order chi connectivity index (χ0) is 24.9. The number of carbonyl (C=O) groups excluding carboxylic acids is 2. The van der Waals surface area contributed by atoms with Crippen molar-refractivity contribution in [2.24, 2.45) is 7.05 Å². The Kier molecular flexibility index (Phi) is 4.96. The molecule has 1 aromatic heterocycles. The summed E-state index contributed by atoms with van der Waals surface area (Å²) in [5.74, 6) is -2.39. The number of hydrogen-bond donors (Lipinski definition) is 1. The maximum absolute atomic E-state index is 13.5. The van der Waals surface area contributed by atoms with Gasteiger partial charge in [0.15, 0.2) is 21.2 Å². The van der Waals surface area contributed by atoms with E-state index in [2.05, 4.69) is 15.9 Å². The molecular weight excluding hydrogens is 555 g/mol. The van der Waals surface area contributed by atoms with Gasteiger partial charge in [-0.3, -0.25) is 14.5 Å². The molecule has 1 aliphatic carbocycles. The molecule has 1 aromatic carbocycles. The average molecular weight is 574 g/mol. The van der Waals surface area contributed by atoms with E-state index < -0.39 is 44.9 Å². The standard InChI is InChI=1S/C21H19BrCl2N4O6/c1-25-16(30)20(23)8-12-10(4-5-27-18(32)26(2)19(33)28(12)27)14(21(20,24)17(25)31)9-6-11(22)15(29)13(7-9)34-3/h4,6-7,12,14,29H,5,8H2,1-3H3/t12-,14+,20-,21+/m1/s1. The maximum Gasteiger partial charge on any atom is 0.347 e. The number of amides is 2. The lowest BCUT2D eigenvalue weighted by molar-refractivity contribution is -0.137. The maximum atomic E-state index is 13.5. The fourth-order valence-electron chi connectivity index (χ4n) is 5.40. The summed E-state index contributed by atoms with van der Waals surface area (Å²) in [7, 11) is 4.05. The van der Waals surface area contributed by atoms with Gasteiger partial charge in [-0.15, -0.1) is 23.2 Å². The summed E-state index contributed by atoms with van der Waals surface area (Å²) in [5, 5.41) is 10.3. The highest BCUT2D eigenvalue weighted by Gasteiger charge is 2.74. The predicted molar refractivity (Wildman–Crippen MR) is 126 cm³/mol. The van der Waals surface area contributed by atoms with Gasteiger partial charge < -0.3 is 9.84 Å². The van der Waals surface area contributed by atoms with Crippen molar-refractivity contribution in [3.05, 3.63) is 54.8 Å². The Hall–Kier alpha value is -2.50. The lowest BCUT2D eigenvalue weighted by atomic mass is 9.64. The van der Waals surface area contributed by atoms with Crippen LogP contribution >= 0.6 is 39.1 Å². The molecule has 0 spiro atoms. The van der Waals surface area contributed by atoms with Gasteiger partial charge in [0.05, 0.1) is 24.2 Å². The molecule has 0 radical (unpaired) electrons. The number of carbonyl (C=O) groups is 2. The molecule has 2 aliphatic heterocycles. The number of imide groups is 1. The molecule has 3 heterocycles. The van der Waals surface area contributed by atoms with Crippen molar-refractivity contribution in [1.82, 2.24) is 18.8 Å². The Balaban J connectivity index is 1.84. The Bertz CT molecular complexity index is 1440. The minimum atomic E-state index is -1.93. The van der Waals surface area contributed by atoms with Gasteiger partial charge in [0.1, 0.15) is 0 Å². The highest BCUT2D eigenvalue weighted by atomic mass is 79.9. The van der Waals surface area contributed by atoms with Gasteiger partial charge in [0.25, 0.3) is 11.8 Å².